The summed E-state index contributed by atoms with van der Waals surface area (Å²) >= 11 is 5.43. The third kappa shape index (κ3) is 5.10. The van der Waals surface area contributed by atoms with Gasteiger partial charge in [0.1, 0.15) is 0 Å². The van der Waals surface area contributed by atoms with Crippen LogP contribution in [0.25, 0.3) is 0 Å². The van der Waals surface area contributed by atoms with Gasteiger partial charge in [0.05, 0.1) is 13.2 Å². The number of aromatic nitrogens is 1. The summed E-state index contributed by atoms with van der Waals surface area (Å²) in [5, 5.41) is 6.94. The van der Waals surface area contributed by atoms with Gasteiger partial charge in [-0.15, -0.1) is 0 Å². The molecule has 2 aromatic rings. The lowest BCUT2D eigenvalue weighted by molar-refractivity contribution is 0.415. The van der Waals surface area contributed by atoms with Crippen molar-refractivity contribution in [3.8, 4) is 5.75 Å². The van der Waals surface area contributed by atoms with Crippen LogP contribution in [0.3, 0.4) is 0 Å². The van der Waals surface area contributed by atoms with Crippen LogP contribution < -0.4 is 20.3 Å². The number of nitrogens with zero attached hydrogens (tertiary/aromatic N) is 2. The van der Waals surface area contributed by atoms with Crippen molar-refractivity contribution in [3.63, 3.8) is 0 Å². The smallest absolute Gasteiger partial charge is 0.174 e. The normalized spacial score (nSPS) is 15.9. The molecule has 144 valence electrons. The molecular formula is C21H28N4OS. The third-order valence-corrected chi connectivity index (χ3v) is 5.33. The minimum absolute atomic E-state index is 0.0927. The maximum atomic E-state index is 5.43. The van der Waals surface area contributed by atoms with Crippen molar-refractivity contribution in [3.05, 3.63) is 48.2 Å². The molecule has 1 aliphatic heterocycles. The van der Waals surface area contributed by atoms with Gasteiger partial charge in [-0.25, -0.2) is 4.98 Å². The van der Waals surface area contributed by atoms with Crippen molar-refractivity contribution in [2.24, 2.45) is 5.92 Å². The second-order valence-electron chi connectivity index (χ2n) is 7.14. The topological polar surface area (TPSA) is 49.4 Å². The summed E-state index contributed by atoms with van der Waals surface area (Å²) < 4.78 is 5.30. The van der Waals surface area contributed by atoms with Gasteiger partial charge in [-0.2, -0.15) is 0 Å². The zero-order valence-electron chi connectivity index (χ0n) is 16.2. The quantitative estimate of drug-likeness (QED) is 0.747. The number of rotatable bonds is 5. The van der Waals surface area contributed by atoms with E-state index in [4.69, 9.17) is 17.0 Å². The average molecular weight is 385 g/mol. The summed E-state index contributed by atoms with van der Waals surface area (Å²) in [6, 6.07) is 12.5. The Kier molecular flexibility index (Phi) is 6.50. The van der Waals surface area contributed by atoms with E-state index < -0.39 is 0 Å². The number of hydrogen-bond acceptors (Lipinski definition) is 4. The van der Waals surface area contributed by atoms with Crippen LogP contribution in [0.15, 0.2) is 42.6 Å². The molecule has 0 saturated carbocycles. The number of anilines is 2. The summed E-state index contributed by atoms with van der Waals surface area (Å²) in [5.74, 6) is 2.12. The highest BCUT2D eigenvalue weighted by Crippen LogP contribution is 2.25. The van der Waals surface area contributed by atoms with Crippen LogP contribution >= 0.6 is 12.2 Å². The molecule has 1 aromatic heterocycles. The molecule has 0 radical (unpaired) electrons. The predicted octanol–water partition coefficient (Wildman–Crippen LogP) is 4.37. The third-order valence-electron chi connectivity index (χ3n) is 5.11. The van der Waals surface area contributed by atoms with Crippen LogP contribution in [0.4, 0.5) is 11.5 Å². The van der Waals surface area contributed by atoms with E-state index in [1.54, 1.807) is 13.3 Å². The number of thiocarbonyl (C=S) groups is 1. The van der Waals surface area contributed by atoms with E-state index in [1.807, 2.05) is 12.1 Å². The number of ether oxygens (including phenoxy) is 1. The van der Waals surface area contributed by atoms with Crippen molar-refractivity contribution in [2.75, 3.05) is 30.4 Å². The van der Waals surface area contributed by atoms with Crippen molar-refractivity contribution in [2.45, 2.75) is 32.7 Å². The lowest BCUT2D eigenvalue weighted by atomic mass is 9.98. The monoisotopic (exact) mass is 384 g/mol. The van der Waals surface area contributed by atoms with E-state index >= 15 is 0 Å². The van der Waals surface area contributed by atoms with Crippen LogP contribution in [0.1, 0.15) is 38.3 Å². The lowest BCUT2D eigenvalue weighted by Crippen LogP contribution is -2.33. The van der Waals surface area contributed by atoms with Crippen LogP contribution in [-0.4, -0.2) is 30.3 Å². The highest BCUT2D eigenvalue weighted by atomic mass is 32.1. The van der Waals surface area contributed by atoms with Gasteiger partial charge < -0.3 is 20.3 Å². The summed E-state index contributed by atoms with van der Waals surface area (Å²) in [6.07, 6.45) is 4.25. The maximum absolute atomic E-state index is 5.43. The minimum atomic E-state index is 0.0927. The molecule has 5 nitrogen and oxygen atoms in total. The number of benzene rings is 1. The lowest BCUT2D eigenvalue weighted by Gasteiger charge is -2.32. The van der Waals surface area contributed by atoms with Crippen molar-refractivity contribution in [1.82, 2.24) is 10.3 Å². The Morgan fingerprint density at radius 2 is 1.93 bits per heavy atom. The molecule has 3 rings (SSSR count). The van der Waals surface area contributed by atoms with Gasteiger partial charge in [0.25, 0.3) is 0 Å². The Labute approximate surface area is 167 Å². The first-order chi connectivity index (χ1) is 13.1. The fourth-order valence-electron chi connectivity index (χ4n) is 3.31. The summed E-state index contributed by atoms with van der Waals surface area (Å²) in [7, 11) is 1.62. The van der Waals surface area contributed by atoms with E-state index in [1.165, 1.54) is 24.1 Å². The zero-order valence-corrected chi connectivity index (χ0v) is 17.1. The first-order valence-electron chi connectivity index (χ1n) is 9.48. The van der Waals surface area contributed by atoms with E-state index in [9.17, 15) is 0 Å². The first-order valence-corrected chi connectivity index (χ1v) is 9.89. The highest BCUT2D eigenvalue weighted by Gasteiger charge is 2.16. The van der Waals surface area contributed by atoms with E-state index in [-0.39, 0.29) is 6.04 Å². The van der Waals surface area contributed by atoms with E-state index in [2.05, 4.69) is 58.6 Å². The predicted molar refractivity (Wildman–Crippen MR) is 116 cm³/mol. The molecule has 6 heteroatoms. The van der Waals surface area contributed by atoms with Crippen LogP contribution in [0.5, 0.6) is 5.75 Å². The highest BCUT2D eigenvalue weighted by molar-refractivity contribution is 7.80. The average Bonchev–Trinajstić information content (AvgIpc) is 2.69. The van der Waals surface area contributed by atoms with Gasteiger partial charge in [0, 0.05) is 25.0 Å². The molecule has 2 N–H and O–H groups in total. The van der Waals surface area contributed by atoms with Crippen molar-refractivity contribution in [1.29, 1.82) is 0 Å². The van der Waals surface area contributed by atoms with Gasteiger partial charge in [-0.05, 0) is 67.7 Å². The Balaban J connectivity index is 1.57. The Morgan fingerprint density at radius 1 is 1.22 bits per heavy atom. The molecule has 1 atom stereocenters. The fourth-order valence-corrected chi connectivity index (χ4v) is 3.59. The number of pyridine rings is 1. The molecule has 0 aliphatic carbocycles. The van der Waals surface area contributed by atoms with Crippen LogP contribution in [0, 0.1) is 5.92 Å². The Hall–Kier alpha value is -2.34. The van der Waals surface area contributed by atoms with Gasteiger partial charge in [-0.3, -0.25) is 0 Å². The molecule has 0 unspecified atom stereocenters. The molecule has 0 amide bonds. The molecular weight excluding hydrogens is 356 g/mol. The molecule has 2 heterocycles. The number of methoxy groups -OCH3 is 1. The van der Waals surface area contributed by atoms with Crippen LogP contribution in [-0.2, 0) is 0 Å². The van der Waals surface area contributed by atoms with E-state index in [0.717, 1.165) is 19.0 Å². The van der Waals surface area contributed by atoms with E-state index in [0.29, 0.717) is 16.7 Å². The number of hydrogen-bond donors (Lipinski definition) is 2. The largest absolute Gasteiger partial charge is 0.493 e. The summed E-state index contributed by atoms with van der Waals surface area (Å²) in [6.45, 7) is 6.73. The summed E-state index contributed by atoms with van der Waals surface area (Å²) in [5.41, 5.74) is 2.50. The molecule has 1 aliphatic rings. The standard InChI is InChI=1S/C21H28N4OS/c1-15-10-13-25(14-11-15)18-8-6-17(7-9-18)16(2)23-21(27)24-20-19(26-3)5-4-12-22-20/h4-9,12,15-16H,10-11,13-14H2,1-3H3,(H2,22,23,24,27)/t16-/m1/s1. The zero-order chi connectivity index (χ0) is 19.2. The maximum Gasteiger partial charge on any atom is 0.174 e. The Bertz CT molecular complexity index is 757. The van der Waals surface area contributed by atoms with Crippen molar-refractivity contribution >= 4 is 28.8 Å². The molecule has 0 spiro atoms. The first kappa shape index (κ1) is 19.4. The molecule has 27 heavy (non-hydrogen) atoms. The number of piperidine rings is 1. The number of nitrogens with one attached hydrogen (secondary N) is 2. The molecule has 1 aromatic carbocycles. The minimum Gasteiger partial charge on any atom is -0.493 e. The van der Waals surface area contributed by atoms with Gasteiger partial charge in [0.15, 0.2) is 16.7 Å². The summed E-state index contributed by atoms with van der Waals surface area (Å²) in [4.78, 5) is 6.74. The fraction of sp³-hybridized carbons (Fsp3) is 0.429. The van der Waals surface area contributed by atoms with Gasteiger partial charge >= 0.3 is 0 Å². The molecule has 1 fully saturated rings. The van der Waals surface area contributed by atoms with Crippen LogP contribution in [0.2, 0.25) is 0 Å². The van der Waals surface area contributed by atoms with Crippen molar-refractivity contribution < 1.29 is 4.74 Å². The SMILES string of the molecule is COc1cccnc1NC(=S)N[C@H](C)c1ccc(N2CCC(C)CC2)cc1. The molecule has 1 saturated heterocycles. The Morgan fingerprint density at radius 3 is 2.59 bits per heavy atom. The second kappa shape index (κ2) is 9.04. The molecule has 0 bridgehead atoms. The van der Waals surface area contributed by atoms with Gasteiger partial charge in [0.2, 0.25) is 0 Å². The van der Waals surface area contributed by atoms with Gasteiger partial charge in [-0.1, -0.05) is 19.1 Å². The second-order valence-corrected chi connectivity index (χ2v) is 7.54.